The Hall–Kier alpha value is -1.92. The fraction of sp³-hybridized carbons (Fsp3) is 0.400. The van der Waals surface area contributed by atoms with E-state index in [4.69, 9.17) is 11.6 Å². The number of carbonyl (C=O) groups excluding carboxylic acids is 1. The van der Waals surface area contributed by atoms with Gasteiger partial charge in [-0.25, -0.2) is 9.67 Å². The zero-order valence-corrected chi connectivity index (χ0v) is 13.1. The van der Waals surface area contributed by atoms with Gasteiger partial charge in [0.1, 0.15) is 11.5 Å². The first-order valence-corrected chi connectivity index (χ1v) is 7.66. The van der Waals surface area contributed by atoms with Gasteiger partial charge in [0.05, 0.1) is 17.3 Å². The summed E-state index contributed by atoms with van der Waals surface area (Å²) in [4.78, 5) is 18.6. The molecule has 3 rings (SSSR count). The summed E-state index contributed by atoms with van der Waals surface area (Å²) in [6.07, 6.45) is 5.23. The van der Waals surface area contributed by atoms with Crippen LogP contribution in [0, 0.1) is 0 Å². The second-order valence-electron chi connectivity index (χ2n) is 5.51. The molecule has 1 fully saturated rings. The van der Waals surface area contributed by atoms with Crippen molar-refractivity contribution in [1.82, 2.24) is 19.7 Å². The van der Waals surface area contributed by atoms with Gasteiger partial charge in [0.25, 0.3) is 5.91 Å². The van der Waals surface area contributed by atoms with Crippen LogP contribution < -0.4 is 5.32 Å². The minimum atomic E-state index is -0.258. The molecule has 0 radical (unpaired) electrons. The van der Waals surface area contributed by atoms with Gasteiger partial charge in [0, 0.05) is 12.3 Å². The maximum atomic E-state index is 12.2. The van der Waals surface area contributed by atoms with E-state index < -0.39 is 0 Å². The quantitative estimate of drug-likeness (QED) is 0.944. The van der Waals surface area contributed by atoms with Crippen LogP contribution in [0.25, 0.3) is 0 Å². The van der Waals surface area contributed by atoms with Crippen molar-refractivity contribution in [3.05, 3.63) is 41.3 Å². The molecule has 0 bridgehead atoms. The second kappa shape index (κ2) is 6.46. The van der Waals surface area contributed by atoms with Crippen molar-refractivity contribution >= 4 is 23.3 Å². The third kappa shape index (κ3) is 3.28. The highest BCUT2D eigenvalue weighted by atomic mass is 35.5. The monoisotopic (exact) mass is 319 g/mol. The molecule has 1 saturated heterocycles. The van der Waals surface area contributed by atoms with Gasteiger partial charge < -0.3 is 10.2 Å². The van der Waals surface area contributed by atoms with Crippen LogP contribution in [0.4, 0.5) is 5.82 Å². The molecular formula is C15H18ClN5O. The van der Waals surface area contributed by atoms with E-state index in [1.807, 2.05) is 10.7 Å². The fourth-order valence-electron chi connectivity index (χ4n) is 2.63. The zero-order chi connectivity index (χ0) is 15.5. The van der Waals surface area contributed by atoms with Gasteiger partial charge in [-0.1, -0.05) is 11.6 Å². The number of nitrogens with zero attached hydrogens (tertiary/aromatic N) is 4. The minimum Gasteiger partial charge on any atom is -0.306 e. The third-order valence-electron chi connectivity index (χ3n) is 3.91. The number of aromatic nitrogens is 3. The van der Waals surface area contributed by atoms with Gasteiger partial charge in [-0.05, 0) is 45.1 Å². The Labute approximate surface area is 134 Å². The number of anilines is 1. The molecule has 0 aromatic carbocycles. The average Bonchev–Trinajstić information content (AvgIpc) is 2.97. The Kier molecular flexibility index (Phi) is 4.40. The Morgan fingerprint density at radius 2 is 2.09 bits per heavy atom. The molecule has 1 aliphatic rings. The van der Waals surface area contributed by atoms with Crippen LogP contribution in [0.1, 0.15) is 29.4 Å². The molecule has 3 heterocycles. The van der Waals surface area contributed by atoms with Gasteiger partial charge in [0.15, 0.2) is 0 Å². The van der Waals surface area contributed by atoms with Crippen molar-refractivity contribution in [1.29, 1.82) is 0 Å². The highest BCUT2D eigenvalue weighted by Crippen LogP contribution is 2.24. The summed E-state index contributed by atoms with van der Waals surface area (Å²) in [6.45, 7) is 2.08. The maximum Gasteiger partial charge on any atom is 0.275 e. The summed E-state index contributed by atoms with van der Waals surface area (Å²) in [7, 11) is 2.12. The molecule has 2 aromatic rings. The number of halogens is 1. The van der Waals surface area contributed by atoms with Gasteiger partial charge in [-0.15, -0.1) is 0 Å². The van der Waals surface area contributed by atoms with Crippen LogP contribution in [-0.2, 0) is 0 Å². The number of hydrogen-bond acceptors (Lipinski definition) is 4. The highest BCUT2D eigenvalue weighted by molar-refractivity contribution is 6.30. The molecule has 2 aromatic heterocycles. The highest BCUT2D eigenvalue weighted by Gasteiger charge is 2.21. The topological polar surface area (TPSA) is 63.1 Å². The van der Waals surface area contributed by atoms with Gasteiger partial charge in [0.2, 0.25) is 0 Å². The Morgan fingerprint density at radius 1 is 1.32 bits per heavy atom. The molecule has 116 valence electrons. The van der Waals surface area contributed by atoms with E-state index in [1.54, 1.807) is 18.3 Å². The van der Waals surface area contributed by atoms with Crippen LogP contribution in [0.5, 0.6) is 0 Å². The third-order valence-corrected chi connectivity index (χ3v) is 4.13. The summed E-state index contributed by atoms with van der Waals surface area (Å²) in [6, 6.07) is 5.39. The Bertz CT molecular complexity index is 646. The fourth-order valence-corrected chi connectivity index (χ4v) is 2.75. The van der Waals surface area contributed by atoms with E-state index in [0.29, 0.717) is 22.6 Å². The molecule has 1 amide bonds. The first-order chi connectivity index (χ1) is 10.6. The van der Waals surface area contributed by atoms with Crippen LogP contribution in [-0.4, -0.2) is 45.7 Å². The normalized spacial score (nSPS) is 16.6. The molecule has 6 nitrogen and oxygen atoms in total. The van der Waals surface area contributed by atoms with Gasteiger partial charge in [-0.2, -0.15) is 5.10 Å². The van der Waals surface area contributed by atoms with Crippen molar-refractivity contribution in [3.8, 4) is 0 Å². The number of likely N-dealkylation sites (tertiary alicyclic amines) is 1. The smallest absolute Gasteiger partial charge is 0.275 e. The Balaban J connectivity index is 1.72. The van der Waals surface area contributed by atoms with Crippen molar-refractivity contribution in [2.45, 2.75) is 18.9 Å². The summed E-state index contributed by atoms with van der Waals surface area (Å²) >= 11 is 5.79. The number of piperidine rings is 1. The number of hydrogen-bond donors (Lipinski definition) is 1. The molecule has 0 spiro atoms. The van der Waals surface area contributed by atoms with Crippen molar-refractivity contribution < 1.29 is 4.79 Å². The lowest BCUT2D eigenvalue weighted by Crippen LogP contribution is -2.32. The van der Waals surface area contributed by atoms with Crippen LogP contribution in [0.15, 0.2) is 30.6 Å². The van der Waals surface area contributed by atoms with Crippen LogP contribution in [0.3, 0.4) is 0 Å². The SMILES string of the molecule is CN1CCC(n2nccc2NC(=O)c2ccc(Cl)cn2)CC1. The van der Waals surface area contributed by atoms with Crippen molar-refractivity contribution in [3.63, 3.8) is 0 Å². The zero-order valence-electron chi connectivity index (χ0n) is 12.4. The van der Waals surface area contributed by atoms with Crippen LogP contribution in [0.2, 0.25) is 5.02 Å². The maximum absolute atomic E-state index is 12.2. The predicted molar refractivity (Wildman–Crippen MR) is 85.2 cm³/mol. The van der Waals surface area contributed by atoms with Crippen molar-refractivity contribution in [2.75, 3.05) is 25.5 Å². The second-order valence-corrected chi connectivity index (χ2v) is 5.95. The summed E-state index contributed by atoms with van der Waals surface area (Å²) < 4.78 is 1.90. The van der Waals surface area contributed by atoms with E-state index in [2.05, 4.69) is 27.3 Å². The molecule has 1 N–H and O–H groups in total. The number of nitrogens with one attached hydrogen (secondary N) is 1. The number of pyridine rings is 1. The molecule has 7 heteroatoms. The average molecular weight is 320 g/mol. The van der Waals surface area contributed by atoms with E-state index >= 15 is 0 Å². The van der Waals surface area contributed by atoms with E-state index in [9.17, 15) is 4.79 Å². The minimum absolute atomic E-state index is 0.258. The largest absolute Gasteiger partial charge is 0.306 e. The number of amides is 1. The number of carbonyl (C=O) groups is 1. The number of rotatable bonds is 3. The standard InChI is InChI=1S/C15H18ClN5O/c1-20-8-5-12(6-9-20)21-14(4-7-18-21)19-15(22)13-3-2-11(16)10-17-13/h2-4,7,10,12H,5-6,8-9H2,1H3,(H,19,22). The Morgan fingerprint density at radius 3 is 2.77 bits per heavy atom. The summed E-state index contributed by atoms with van der Waals surface area (Å²) in [5, 5.41) is 7.75. The molecule has 1 aliphatic heterocycles. The van der Waals surface area contributed by atoms with E-state index in [1.165, 1.54) is 6.20 Å². The molecule has 0 saturated carbocycles. The summed E-state index contributed by atoms with van der Waals surface area (Å²) in [5.74, 6) is 0.447. The molecule has 22 heavy (non-hydrogen) atoms. The van der Waals surface area contributed by atoms with E-state index in [0.717, 1.165) is 25.9 Å². The van der Waals surface area contributed by atoms with Gasteiger partial charge in [-0.3, -0.25) is 4.79 Å². The molecule has 0 aliphatic carbocycles. The van der Waals surface area contributed by atoms with Crippen molar-refractivity contribution in [2.24, 2.45) is 0 Å². The lowest BCUT2D eigenvalue weighted by molar-refractivity contribution is 0.102. The summed E-state index contributed by atoms with van der Waals surface area (Å²) in [5.41, 5.74) is 0.334. The first kappa shape index (κ1) is 15.0. The molecular weight excluding hydrogens is 302 g/mol. The lowest BCUT2D eigenvalue weighted by Gasteiger charge is -2.29. The first-order valence-electron chi connectivity index (χ1n) is 7.28. The molecule has 0 atom stereocenters. The predicted octanol–water partition coefficient (Wildman–Crippen LogP) is 2.45. The molecule has 0 unspecified atom stereocenters. The van der Waals surface area contributed by atoms with E-state index in [-0.39, 0.29) is 5.91 Å². The lowest BCUT2D eigenvalue weighted by atomic mass is 10.1. The van der Waals surface area contributed by atoms with Gasteiger partial charge >= 0.3 is 0 Å². The van der Waals surface area contributed by atoms with Crippen LogP contribution >= 0.6 is 11.6 Å².